The Labute approximate surface area is 129 Å². The Bertz CT molecular complexity index is 419. The Morgan fingerprint density at radius 3 is 2.86 bits per heavy atom. The lowest BCUT2D eigenvalue weighted by atomic mass is 10.0. The third-order valence-electron chi connectivity index (χ3n) is 3.46. The van der Waals surface area contributed by atoms with Crippen LogP contribution in [0.5, 0.6) is 0 Å². The summed E-state index contributed by atoms with van der Waals surface area (Å²) in [6.07, 6.45) is 2.74. The molecule has 2 heterocycles. The molecule has 1 aromatic rings. The predicted octanol–water partition coefficient (Wildman–Crippen LogP) is 2.01. The second-order valence-electron chi connectivity index (χ2n) is 5.60. The zero-order chi connectivity index (χ0) is 15.1. The Balaban J connectivity index is 1.81. The topological polar surface area (TPSA) is 66.5 Å². The fraction of sp³-hybridized carbons (Fsp3) is 0.714. The van der Waals surface area contributed by atoms with Gasteiger partial charge in [0, 0.05) is 37.3 Å². The van der Waals surface area contributed by atoms with Gasteiger partial charge in [0.15, 0.2) is 5.13 Å². The van der Waals surface area contributed by atoms with Crippen LogP contribution in [0.15, 0.2) is 11.6 Å². The molecule has 1 aromatic heterocycles. The van der Waals surface area contributed by atoms with Crippen molar-refractivity contribution in [1.82, 2.24) is 15.2 Å². The van der Waals surface area contributed by atoms with E-state index in [0.717, 1.165) is 32.7 Å². The van der Waals surface area contributed by atoms with Crippen LogP contribution in [-0.4, -0.2) is 54.8 Å². The van der Waals surface area contributed by atoms with Gasteiger partial charge in [-0.1, -0.05) is 13.8 Å². The summed E-state index contributed by atoms with van der Waals surface area (Å²) in [7, 11) is 0. The van der Waals surface area contributed by atoms with Crippen molar-refractivity contribution in [2.45, 2.75) is 26.3 Å². The van der Waals surface area contributed by atoms with Crippen molar-refractivity contribution in [2.24, 2.45) is 5.92 Å². The van der Waals surface area contributed by atoms with E-state index in [9.17, 15) is 4.79 Å². The van der Waals surface area contributed by atoms with Crippen LogP contribution in [0.2, 0.25) is 0 Å². The predicted molar refractivity (Wildman–Crippen MR) is 84.8 cm³/mol. The van der Waals surface area contributed by atoms with E-state index in [1.165, 1.54) is 11.3 Å². The molecule has 2 rings (SSSR count). The standard InChI is InChI=1S/C14H24N4O2S/c1-11(2)9-12(18-4-6-20-7-5-18)10-16-13(19)17-14-15-3-8-21-14/h3,8,11-12H,4-7,9-10H2,1-2H3,(H2,15,16,17,19). The van der Waals surface area contributed by atoms with Crippen LogP contribution in [0.1, 0.15) is 20.3 Å². The molecule has 1 fully saturated rings. The number of carbonyl (C=O) groups is 1. The molecule has 2 amide bonds. The van der Waals surface area contributed by atoms with Gasteiger partial charge in [-0.3, -0.25) is 10.2 Å². The van der Waals surface area contributed by atoms with Crippen molar-refractivity contribution < 1.29 is 9.53 Å². The lowest BCUT2D eigenvalue weighted by molar-refractivity contribution is 0.0130. The van der Waals surface area contributed by atoms with Crippen LogP contribution in [-0.2, 0) is 4.74 Å². The monoisotopic (exact) mass is 312 g/mol. The first-order valence-corrected chi connectivity index (χ1v) is 8.29. The summed E-state index contributed by atoms with van der Waals surface area (Å²) >= 11 is 1.41. The first kappa shape index (κ1) is 16.2. The average Bonchev–Trinajstić information content (AvgIpc) is 2.97. The molecule has 2 N–H and O–H groups in total. The minimum atomic E-state index is -0.188. The van der Waals surface area contributed by atoms with E-state index in [1.807, 2.05) is 5.38 Å². The highest BCUT2D eigenvalue weighted by molar-refractivity contribution is 7.13. The van der Waals surface area contributed by atoms with Crippen molar-refractivity contribution in [3.05, 3.63) is 11.6 Å². The first-order chi connectivity index (χ1) is 10.1. The number of urea groups is 1. The fourth-order valence-corrected chi connectivity index (χ4v) is 3.01. The molecule has 0 aliphatic carbocycles. The van der Waals surface area contributed by atoms with Crippen LogP contribution in [0.4, 0.5) is 9.93 Å². The van der Waals surface area contributed by atoms with E-state index in [4.69, 9.17) is 4.74 Å². The number of thiazole rings is 1. The molecule has 0 radical (unpaired) electrons. The smallest absolute Gasteiger partial charge is 0.321 e. The second kappa shape index (κ2) is 8.31. The normalized spacial score (nSPS) is 17.7. The number of carbonyl (C=O) groups excluding carboxylic acids is 1. The van der Waals surface area contributed by atoms with Crippen molar-refractivity contribution in [3.63, 3.8) is 0 Å². The summed E-state index contributed by atoms with van der Waals surface area (Å²) in [6.45, 7) is 8.50. The number of amides is 2. The zero-order valence-electron chi connectivity index (χ0n) is 12.7. The minimum Gasteiger partial charge on any atom is -0.379 e. The molecule has 0 spiro atoms. The lowest BCUT2D eigenvalue weighted by Crippen LogP contribution is -2.49. The number of ether oxygens (including phenoxy) is 1. The molecule has 1 atom stereocenters. The minimum absolute atomic E-state index is 0.188. The molecule has 1 aliphatic heterocycles. The number of aromatic nitrogens is 1. The summed E-state index contributed by atoms with van der Waals surface area (Å²) in [5, 5.41) is 8.17. The van der Waals surface area contributed by atoms with E-state index in [0.29, 0.717) is 23.6 Å². The molecule has 21 heavy (non-hydrogen) atoms. The maximum absolute atomic E-state index is 11.9. The fourth-order valence-electron chi connectivity index (χ4n) is 2.49. The van der Waals surface area contributed by atoms with Gasteiger partial charge in [-0.15, -0.1) is 11.3 Å². The highest BCUT2D eigenvalue weighted by atomic mass is 32.1. The number of hydrogen-bond acceptors (Lipinski definition) is 5. The molecule has 0 aromatic carbocycles. The van der Waals surface area contributed by atoms with Crippen LogP contribution in [0.3, 0.4) is 0 Å². The summed E-state index contributed by atoms with van der Waals surface area (Å²) < 4.78 is 5.40. The van der Waals surface area contributed by atoms with Gasteiger partial charge < -0.3 is 10.1 Å². The molecule has 0 saturated carbocycles. The molecule has 1 aliphatic rings. The molecule has 1 unspecified atom stereocenters. The van der Waals surface area contributed by atoms with E-state index in [1.54, 1.807) is 6.20 Å². The van der Waals surface area contributed by atoms with Gasteiger partial charge in [-0.2, -0.15) is 0 Å². The zero-order valence-corrected chi connectivity index (χ0v) is 13.5. The van der Waals surface area contributed by atoms with Gasteiger partial charge in [0.2, 0.25) is 0 Å². The quantitative estimate of drug-likeness (QED) is 0.843. The number of nitrogens with one attached hydrogen (secondary N) is 2. The maximum Gasteiger partial charge on any atom is 0.321 e. The van der Waals surface area contributed by atoms with E-state index in [2.05, 4.69) is 34.4 Å². The van der Waals surface area contributed by atoms with Gasteiger partial charge in [-0.25, -0.2) is 9.78 Å². The van der Waals surface area contributed by atoms with Gasteiger partial charge >= 0.3 is 6.03 Å². The van der Waals surface area contributed by atoms with Crippen molar-refractivity contribution in [3.8, 4) is 0 Å². The van der Waals surface area contributed by atoms with Crippen LogP contribution in [0, 0.1) is 5.92 Å². The molecule has 7 heteroatoms. The number of rotatable bonds is 6. The Kier molecular flexibility index (Phi) is 6.41. The third-order valence-corrected chi connectivity index (χ3v) is 4.15. The van der Waals surface area contributed by atoms with Crippen molar-refractivity contribution >= 4 is 22.5 Å². The van der Waals surface area contributed by atoms with E-state index in [-0.39, 0.29) is 6.03 Å². The Morgan fingerprint density at radius 2 is 2.24 bits per heavy atom. The number of hydrogen-bond donors (Lipinski definition) is 2. The molecule has 1 saturated heterocycles. The molecule has 6 nitrogen and oxygen atoms in total. The average molecular weight is 312 g/mol. The van der Waals surface area contributed by atoms with E-state index >= 15 is 0 Å². The number of nitrogens with zero attached hydrogens (tertiary/aromatic N) is 2. The Hall–Kier alpha value is -1.18. The summed E-state index contributed by atoms with van der Waals surface area (Å²) in [4.78, 5) is 18.3. The molecular weight excluding hydrogens is 288 g/mol. The van der Waals surface area contributed by atoms with Crippen LogP contribution < -0.4 is 10.6 Å². The highest BCUT2D eigenvalue weighted by Crippen LogP contribution is 2.13. The van der Waals surface area contributed by atoms with Gasteiger partial charge in [0.1, 0.15) is 0 Å². The van der Waals surface area contributed by atoms with Gasteiger partial charge in [0.05, 0.1) is 13.2 Å². The van der Waals surface area contributed by atoms with E-state index < -0.39 is 0 Å². The van der Waals surface area contributed by atoms with Crippen LogP contribution in [0.25, 0.3) is 0 Å². The van der Waals surface area contributed by atoms with Gasteiger partial charge in [-0.05, 0) is 12.3 Å². The maximum atomic E-state index is 11.9. The van der Waals surface area contributed by atoms with Crippen molar-refractivity contribution in [2.75, 3.05) is 38.2 Å². The first-order valence-electron chi connectivity index (χ1n) is 7.41. The SMILES string of the molecule is CC(C)CC(CNC(=O)Nc1nccs1)N1CCOCC1. The third kappa shape index (κ3) is 5.61. The second-order valence-corrected chi connectivity index (χ2v) is 6.50. The number of morpholine rings is 1. The van der Waals surface area contributed by atoms with Crippen molar-refractivity contribution in [1.29, 1.82) is 0 Å². The highest BCUT2D eigenvalue weighted by Gasteiger charge is 2.22. The molecule has 118 valence electrons. The summed E-state index contributed by atoms with van der Waals surface area (Å²) in [5.74, 6) is 0.599. The summed E-state index contributed by atoms with van der Waals surface area (Å²) in [6, 6.07) is 0.169. The van der Waals surface area contributed by atoms with Crippen LogP contribution >= 0.6 is 11.3 Å². The largest absolute Gasteiger partial charge is 0.379 e. The molecular formula is C14H24N4O2S. The number of anilines is 1. The lowest BCUT2D eigenvalue weighted by Gasteiger charge is -2.35. The molecule has 0 bridgehead atoms. The van der Waals surface area contributed by atoms with Gasteiger partial charge in [0.25, 0.3) is 0 Å². The Morgan fingerprint density at radius 1 is 1.48 bits per heavy atom. The summed E-state index contributed by atoms with van der Waals surface area (Å²) in [5.41, 5.74) is 0.